The number of methoxy groups -OCH3 is 1. The molecule has 1 unspecified atom stereocenters. The van der Waals surface area contributed by atoms with Crippen LogP contribution in [0.4, 0.5) is 0 Å². The first-order valence-corrected chi connectivity index (χ1v) is 9.59. The molecule has 0 spiro atoms. The van der Waals surface area contributed by atoms with Gasteiger partial charge in [-0.3, -0.25) is 9.59 Å². The first-order chi connectivity index (χ1) is 13.4. The number of Topliss-reactive ketones (excluding diaryl/α,β-unsaturated/α-hetero) is 2. The van der Waals surface area contributed by atoms with Crippen molar-refractivity contribution in [2.75, 3.05) is 7.11 Å². The van der Waals surface area contributed by atoms with Crippen LogP contribution >= 0.6 is 0 Å². The number of hydrogen-bond donors (Lipinski definition) is 0. The van der Waals surface area contributed by atoms with E-state index in [-0.39, 0.29) is 29.3 Å². The first-order valence-electron chi connectivity index (χ1n) is 9.59. The van der Waals surface area contributed by atoms with Gasteiger partial charge in [0, 0.05) is 41.9 Å². The van der Waals surface area contributed by atoms with Crippen LogP contribution in [0, 0.1) is 5.41 Å². The van der Waals surface area contributed by atoms with Gasteiger partial charge in [0.05, 0.1) is 7.11 Å². The van der Waals surface area contributed by atoms with Crippen LogP contribution in [0.2, 0.25) is 0 Å². The second kappa shape index (κ2) is 6.93. The molecular weight excluding hydrogens is 352 g/mol. The lowest BCUT2D eigenvalue weighted by Gasteiger charge is -2.38. The number of ether oxygens (including phenoxy) is 2. The van der Waals surface area contributed by atoms with E-state index in [2.05, 4.69) is 13.8 Å². The number of ketones is 2. The Hall–Kier alpha value is -2.88. The van der Waals surface area contributed by atoms with E-state index in [9.17, 15) is 9.59 Å². The van der Waals surface area contributed by atoms with Gasteiger partial charge in [-0.1, -0.05) is 56.3 Å². The molecule has 0 aromatic heterocycles. The molecule has 144 valence electrons. The van der Waals surface area contributed by atoms with Crippen molar-refractivity contribution in [3.05, 3.63) is 71.0 Å². The fourth-order valence-corrected chi connectivity index (χ4v) is 4.25. The summed E-state index contributed by atoms with van der Waals surface area (Å²) in [6, 6.07) is 14.9. The molecule has 2 aromatic carbocycles. The molecule has 2 aliphatic rings. The lowest BCUT2D eigenvalue weighted by Crippen LogP contribution is -2.33. The van der Waals surface area contributed by atoms with Gasteiger partial charge in [0.15, 0.2) is 23.1 Å². The van der Waals surface area contributed by atoms with Gasteiger partial charge in [0.1, 0.15) is 5.76 Å². The third kappa shape index (κ3) is 3.24. The van der Waals surface area contributed by atoms with Gasteiger partial charge in [-0.25, -0.2) is 0 Å². The van der Waals surface area contributed by atoms with Crippen LogP contribution in [0.5, 0.6) is 11.5 Å². The molecule has 0 radical (unpaired) electrons. The molecule has 4 heteroatoms. The lowest BCUT2D eigenvalue weighted by molar-refractivity contribution is -0.118. The van der Waals surface area contributed by atoms with Crippen LogP contribution in [0.15, 0.2) is 59.9 Å². The number of fused-ring (bicyclic) bond motifs is 1. The summed E-state index contributed by atoms with van der Waals surface area (Å²) in [5, 5.41) is 0. The summed E-state index contributed by atoms with van der Waals surface area (Å²) in [5.41, 5.74) is 1.99. The summed E-state index contributed by atoms with van der Waals surface area (Å²) in [6.07, 6.45) is 1.37. The SMILES string of the molecule is COc1cccc2c1OC1=C(C(=O)CC(C)(C)C1)C2CC(=O)c1ccccc1. The van der Waals surface area contributed by atoms with Crippen LogP contribution < -0.4 is 9.47 Å². The summed E-state index contributed by atoms with van der Waals surface area (Å²) >= 11 is 0. The molecule has 1 aliphatic heterocycles. The first kappa shape index (κ1) is 18.5. The standard InChI is InChI=1S/C24H24O4/c1-24(2)13-19(26)22-17(12-18(25)15-8-5-4-6-9-15)16-10-7-11-20(27-3)23(16)28-21(22)14-24/h4-11,17H,12-14H2,1-3H3. The summed E-state index contributed by atoms with van der Waals surface area (Å²) in [4.78, 5) is 26.0. The highest BCUT2D eigenvalue weighted by atomic mass is 16.5. The third-order valence-electron chi connectivity index (χ3n) is 5.54. The van der Waals surface area contributed by atoms with E-state index in [1.165, 1.54) is 0 Å². The number of benzene rings is 2. The Kier molecular flexibility index (Phi) is 4.58. The summed E-state index contributed by atoms with van der Waals surface area (Å²) in [7, 11) is 1.60. The van der Waals surface area contributed by atoms with Crippen LogP contribution in [0.1, 0.15) is 54.9 Å². The smallest absolute Gasteiger partial charge is 0.172 e. The molecule has 4 nitrogen and oxygen atoms in total. The molecule has 4 rings (SSSR count). The van der Waals surface area contributed by atoms with Crippen molar-refractivity contribution in [3.8, 4) is 11.5 Å². The Labute approximate surface area is 165 Å². The quantitative estimate of drug-likeness (QED) is 0.698. The average Bonchev–Trinajstić information content (AvgIpc) is 2.66. The molecule has 1 atom stereocenters. The molecule has 2 aromatic rings. The van der Waals surface area contributed by atoms with Crippen molar-refractivity contribution in [2.24, 2.45) is 5.41 Å². The van der Waals surface area contributed by atoms with Crippen molar-refractivity contribution in [1.82, 2.24) is 0 Å². The Morgan fingerprint density at radius 1 is 1.11 bits per heavy atom. The van der Waals surface area contributed by atoms with Crippen LogP contribution in [0.3, 0.4) is 0 Å². The van der Waals surface area contributed by atoms with Crippen molar-refractivity contribution < 1.29 is 19.1 Å². The minimum absolute atomic E-state index is 0.0192. The van der Waals surface area contributed by atoms with Gasteiger partial charge in [-0.2, -0.15) is 0 Å². The highest BCUT2D eigenvalue weighted by molar-refractivity contribution is 6.02. The van der Waals surface area contributed by atoms with E-state index in [1.54, 1.807) is 7.11 Å². The van der Waals surface area contributed by atoms with Gasteiger partial charge < -0.3 is 9.47 Å². The third-order valence-corrected chi connectivity index (χ3v) is 5.54. The fourth-order valence-electron chi connectivity index (χ4n) is 4.25. The Morgan fingerprint density at radius 2 is 1.86 bits per heavy atom. The van der Waals surface area contributed by atoms with Crippen molar-refractivity contribution >= 4 is 11.6 Å². The minimum Gasteiger partial charge on any atom is -0.493 e. The van der Waals surface area contributed by atoms with Crippen LogP contribution in [-0.2, 0) is 4.79 Å². The minimum atomic E-state index is -0.315. The molecule has 0 fully saturated rings. The normalized spacial score (nSPS) is 20.1. The maximum Gasteiger partial charge on any atom is 0.172 e. The van der Waals surface area contributed by atoms with Crippen LogP contribution in [-0.4, -0.2) is 18.7 Å². The maximum absolute atomic E-state index is 13.1. The number of para-hydroxylation sites is 1. The van der Waals surface area contributed by atoms with Gasteiger partial charge in [0.2, 0.25) is 0 Å². The molecule has 1 heterocycles. The number of allylic oxidation sites excluding steroid dienone is 2. The largest absolute Gasteiger partial charge is 0.493 e. The fraction of sp³-hybridized carbons (Fsp3) is 0.333. The van der Waals surface area contributed by atoms with E-state index in [0.717, 1.165) is 5.56 Å². The zero-order valence-corrected chi connectivity index (χ0v) is 16.5. The molecule has 0 saturated carbocycles. The Balaban J connectivity index is 1.80. The van der Waals surface area contributed by atoms with Gasteiger partial charge in [-0.05, 0) is 11.5 Å². The molecule has 1 aliphatic carbocycles. The molecule has 0 saturated heterocycles. The maximum atomic E-state index is 13.1. The van der Waals surface area contributed by atoms with E-state index in [0.29, 0.717) is 41.2 Å². The second-order valence-electron chi connectivity index (χ2n) is 8.30. The van der Waals surface area contributed by atoms with E-state index >= 15 is 0 Å². The van der Waals surface area contributed by atoms with Crippen molar-refractivity contribution in [3.63, 3.8) is 0 Å². The average molecular weight is 376 g/mol. The highest BCUT2D eigenvalue weighted by Crippen LogP contribution is 2.51. The summed E-state index contributed by atoms with van der Waals surface area (Å²) in [6.45, 7) is 4.14. The molecule has 0 amide bonds. The van der Waals surface area contributed by atoms with Gasteiger partial charge in [0.25, 0.3) is 0 Å². The number of hydrogen-bond acceptors (Lipinski definition) is 4. The summed E-state index contributed by atoms with van der Waals surface area (Å²) in [5.74, 6) is 1.71. The monoisotopic (exact) mass is 376 g/mol. The number of carbonyl (C=O) groups is 2. The molecule has 0 N–H and O–H groups in total. The molecule has 28 heavy (non-hydrogen) atoms. The predicted octanol–water partition coefficient (Wildman–Crippen LogP) is 5.09. The van der Waals surface area contributed by atoms with Crippen molar-refractivity contribution in [1.29, 1.82) is 0 Å². The van der Waals surface area contributed by atoms with Gasteiger partial charge >= 0.3 is 0 Å². The molecule has 0 bridgehead atoms. The van der Waals surface area contributed by atoms with Crippen LogP contribution in [0.25, 0.3) is 0 Å². The zero-order chi connectivity index (χ0) is 19.9. The lowest BCUT2D eigenvalue weighted by atomic mass is 9.70. The van der Waals surface area contributed by atoms with Crippen molar-refractivity contribution in [2.45, 2.75) is 39.0 Å². The Bertz CT molecular complexity index is 969. The van der Waals surface area contributed by atoms with Gasteiger partial charge in [-0.15, -0.1) is 0 Å². The Morgan fingerprint density at radius 3 is 2.57 bits per heavy atom. The number of rotatable bonds is 4. The zero-order valence-electron chi connectivity index (χ0n) is 16.5. The predicted molar refractivity (Wildman–Crippen MR) is 107 cm³/mol. The van der Waals surface area contributed by atoms with E-state index in [4.69, 9.17) is 9.47 Å². The number of carbonyl (C=O) groups excluding carboxylic acids is 2. The summed E-state index contributed by atoms with van der Waals surface area (Å²) < 4.78 is 11.7. The van der Waals surface area contributed by atoms with E-state index < -0.39 is 0 Å². The topological polar surface area (TPSA) is 52.6 Å². The molecular formula is C24H24O4. The highest BCUT2D eigenvalue weighted by Gasteiger charge is 2.42. The second-order valence-corrected chi connectivity index (χ2v) is 8.30. The van der Waals surface area contributed by atoms with E-state index in [1.807, 2.05) is 48.5 Å².